The van der Waals surface area contributed by atoms with Crippen molar-refractivity contribution < 1.29 is 4.79 Å². The van der Waals surface area contributed by atoms with Crippen molar-refractivity contribution in [1.29, 1.82) is 5.26 Å². The number of carbonyl (C=O) groups excluding carboxylic acids is 1. The van der Waals surface area contributed by atoms with Gasteiger partial charge in [0.25, 0.3) is 0 Å². The quantitative estimate of drug-likeness (QED) is 0.898. The third-order valence-corrected chi connectivity index (χ3v) is 5.56. The molecule has 2 rings (SSSR count). The molecule has 1 aromatic rings. The fraction of sp³-hybridized carbons (Fsp3) is 0.467. The number of likely N-dealkylation sites (tertiary alicyclic amines) is 1. The van der Waals surface area contributed by atoms with Crippen LogP contribution in [0.25, 0.3) is 0 Å². The Kier molecular flexibility index (Phi) is 5.02. The third-order valence-electron chi connectivity index (χ3n) is 3.88. The third kappa shape index (κ3) is 3.63. The average molecular weight is 324 g/mol. The maximum atomic E-state index is 12.2. The van der Waals surface area contributed by atoms with Gasteiger partial charge in [-0.25, -0.2) is 4.79 Å². The van der Waals surface area contributed by atoms with Crippen LogP contribution in [0.1, 0.15) is 18.4 Å². The number of nitriles is 1. The zero-order valence-electron chi connectivity index (χ0n) is 12.1. The summed E-state index contributed by atoms with van der Waals surface area (Å²) in [4.78, 5) is 14.0. The first kappa shape index (κ1) is 16.0. The van der Waals surface area contributed by atoms with Gasteiger partial charge in [0, 0.05) is 23.8 Å². The Balaban J connectivity index is 1.96. The summed E-state index contributed by atoms with van der Waals surface area (Å²) in [6, 6.07) is 7.71. The van der Waals surface area contributed by atoms with Crippen LogP contribution in [0.3, 0.4) is 0 Å². The van der Waals surface area contributed by atoms with Crippen LogP contribution >= 0.6 is 23.4 Å². The lowest BCUT2D eigenvalue weighted by Crippen LogP contribution is -2.46. The van der Waals surface area contributed by atoms with Gasteiger partial charge in [-0.15, -0.1) is 11.8 Å². The van der Waals surface area contributed by atoms with Gasteiger partial charge >= 0.3 is 6.03 Å². The van der Waals surface area contributed by atoms with Crippen molar-refractivity contribution >= 4 is 35.1 Å². The van der Waals surface area contributed by atoms with E-state index in [1.165, 1.54) is 0 Å². The van der Waals surface area contributed by atoms with Gasteiger partial charge in [0.05, 0.1) is 6.07 Å². The zero-order chi connectivity index (χ0) is 15.5. The van der Waals surface area contributed by atoms with Crippen molar-refractivity contribution in [3.63, 3.8) is 0 Å². The first-order valence-electron chi connectivity index (χ1n) is 6.78. The number of benzene rings is 1. The molecule has 21 heavy (non-hydrogen) atoms. The fourth-order valence-corrected chi connectivity index (χ4v) is 3.17. The predicted molar refractivity (Wildman–Crippen MR) is 87.9 cm³/mol. The van der Waals surface area contributed by atoms with Gasteiger partial charge in [-0.05, 0) is 43.7 Å². The van der Waals surface area contributed by atoms with Gasteiger partial charge in [0.1, 0.15) is 4.75 Å². The largest absolute Gasteiger partial charge is 0.324 e. The summed E-state index contributed by atoms with van der Waals surface area (Å²) in [5.74, 6) is 0. The minimum Gasteiger partial charge on any atom is -0.324 e. The molecule has 112 valence electrons. The lowest BCUT2D eigenvalue weighted by atomic mass is 9.97. The van der Waals surface area contributed by atoms with Crippen molar-refractivity contribution in [2.75, 3.05) is 24.7 Å². The summed E-state index contributed by atoms with van der Waals surface area (Å²) in [7, 11) is 0. The zero-order valence-corrected chi connectivity index (χ0v) is 13.7. The molecule has 0 spiro atoms. The lowest BCUT2D eigenvalue weighted by molar-refractivity contribution is 0.196. The number of thioether (sulfide) groups is 1. The number of piperidine rings is 1. The highest BCUT2D eigenvalue weighted by molar-refractivity contribution is 8.00. The molecule has 0 radical (unpaired) electrons. The van der Waals surface area contributed by atoms with E-state index in [2.05, 4.69) is 11.4 Å². The molecule has 4 nitrogen and oxygen atoms in total. The van der Waals surface area contributed by atoms with Gasteiger partial charge in [0.15, 0.2) is 0 Å². The van der Waals surface area contributed by atoms with Crippen LogP contribution in [-0.2, 0) is 0 Å². The second-order valence-electron chi connectivity index (χ2n) is 5.19. The molecule has 1 N–H and O–H groups in total. The van der Waals surface area contributed by atoms with Crippen LogP contribution in [0.5, 0.6) is 0 Å². The van der Waals surface area contributed by atoms with E-state index >= 15 is 0 Å². The highest BCUT2D eigenvalue weighted by Gasteiger charge is 2.35. The van der Waals surface area contributed by atoms with E-state index in [4.69, 9.17) is 11.6 Å². The molecule has 1 aliphatic rings. The molecular formula is C15H18ClN3OS. The average Bonchev–Trinajstić information content (AvgIpc) is 2.51. The summed E-state index contributed by atoms with van der Waals surface area (Å²) >= 11 is 7.63. The molecule has 0 saturated carbocycles. The van der Waals surface area contributed by atoms with E-state index in [1.54, 1.807) is 22.7 Å². The molecule has 2 amide bonds. The summed E-state index contributed by atoms with van der Waals surface area (Å²) in [6.07, 6.45) is 3.35. The number of nitrogens with one attached hydrogen (secondary N) is 1. The van der Waals surface area contributed by atoms with Crippen molar-refractivity contribution in [1.82, 2.24) is 4.90 Å². The van der Waals surface area contributed by atoms with E-state index in [1.807, 2.05) is 25.3 Å². The number of nitrogens with zero attached hydrogens (tertiary/aromatic N) is 2. The minimum absolute atomic E-state index is 0.137. The number of hydrogen-bond donors (Lipinski definition) is 1. The molecule has 0 aromatic heterocycles. The Bertz CT molecular complexity index is 577. The molecule has 0 bridgehead atoms. The van der Waals surface area contributed by atoms with E-state index in [0.717, 1.165) is 5.56 Å². The number of anilines is 1. The van der Waals surface area contributed by atoms with Crippen molar-refractivity contribution in [2.24, 2.45) is 0 Å². The van der Waals surface area contributed by atoms with Gasteiger partial charge in [-0.2, -0.15) is 5.26 Å². The van der Waals surface area contributed by atoms with E-state index in [9.17, 15) is 10.1 Å². The first-order chi connectivity index (χ1) is 9.99. The van der Waals surface area contributed by atoms with Crippen LogP contribution in [0.4, 0.5) is 10.5 Å². The van der Waals surface area contributed by atoms with Gasteiger partial charge < -0.3 is 10.2 Å². The summed E-state index contributed by atoms with van der Waals surface area (Å²) in [5, 5.41) is 12.7. The normalized spacial score (nSPS) is 17.1. The molecule has 0 unspecified atom stereocenters. The molecule has 1 aromatic carbocycles. The summed E-state index contributed by atoms with van der Waals surface area (Å²) in [5.41, 5.74) is 1.67. The Labute approximate surface area is 134 Å². The Hall–Kier alpha value is -1.38. The van der Waals surface area contributed by atoms with Crippen molar-refractivity contribution in [2.45, 2.75) is 24.5 Å². The maximum absolute atomic E-state index is 12.2. The first-order valence-corrected chi connectivity index (χ1v) is 8.38. The molecule has 6 heteroatoms. The minimum atomic E-state index is -0.343. The maximum Gasteiger partial charge on any atom is 0.321 e. The Morgan fingerprint density at radius 1 is 1.48 bits per heavy atom. The fourth-order valence-electron chi connectivity index (χ4n) is 2.31. The molecule has 1 heterocycles. The molecular weight excluding hydrogens is 306 g/mol. The molecule has 1 fully saturated rings. The predicted octanol–water partition coefficient (Wildman–Crippen LogP) is 3.90. The van der Waals surface area contributed by atoms with Crippen LogP contribution in [0, 0.1) is 18.3 Å². The number of halogens is 1. The van der Waals surface area contributed by atoms with Crippen LogP contribution in [0.2, 0.25) is 5.02 Å². The number of rotatable bonds is 2. The van der Waals surface area contributed by atoms with Gasteiger partial charge in [-0.3, -0.25) is 0 Å². The number of amides is 2. The van der Waals surface area contributed by atoms with Crippen LogP contribution in [0.15, 0.2) is 18.2 Å². The number of urea groups is 1. The Morgan fingerprint density at radius 3 is 2.67 bits per heavy atom. The summed E-state index contributed by atoms with van der Waals surface area (Å²) < 4.78 is -0.343. The van der Waals surface area contributed by atoms with E-state index in [0.29, 0.717) is 36.6 Å². The monoisotopic (exact) mass is 323 g/mol. The highest BCUT2D eigenvalue weighted by atomic mass is 35.5. The second-order valence-corrected chi connectivity index (χ2v) is 6.79. The van der Waals surface area contributed by atoms with Crippen molar-refractivity contribution in [3.05, 3.63) is 28.8 Å². The second kappa shape index (κ2) is 6.59. The van der Waals surface area contributed by atoms with Crippen LogP contribution in [-0.4, -0.2) is 35.0 Å². The molecule has 0 aliphatic carbocycles. The summed E-state index contributed by atoms with van der Waals surface area (Å²) in [6.45, 7) is 3.11. The Morgan fingerprint density at radius 2 is 2.14 bits per heavy atom. The topological polar surface area (TPSA) is 56.1 Å². The molecule has 0 atom stereocenters. The van der Waals surface area contributed by atoms with Gasteiger partial charge in [0.2, 0.25) is 0 Å². The van der Waals surface area contributed by atoms with Gasteiger partial charge in [-0.1, -0.05) is 17.7 Å². The van der Waals surface area contributed by atoms with Crippen LogP contribution < -0.4 is 5.32 Å². The smallest absolute Gasteiger partial charge is 0.321 e. The van der Waals surface area contributed by atoms with E-state index < -0.39 is 0 Å². The molecule has 1 aliphatic heterocycles. The lowest BCUT2D eigenvalue weighted by Gasteiger charge is -2.36. The number of carbonyl (C=O) groups is 1. The number of aryl methyl sites for hydroxylation is 1. The SMILES string of the molecule is CSC1(C#N)CCN(C(=O)Nc2ccc(C)c(Cl)c2)CC1. The van der Waals surface area contributed by atoms with E-state index in [-0.39, 0.29) is 10.8 Å². The van der Waals surface area contributed by atoms with Crippen molar-refractivity contribution in [3.8, 4) is 6.07 Å². The highest BCUT2D eigenvalue weighted by Crippen LogP contribution is 2.33. The molecule has 1 saturated heterocycles. The number of hydrogen-bond acceptors (Lipinski definition) is 3. The standard InChI is InChI=1S/C15H18ClN3OS/c1-11-3-4-12(9-13(11)16)18-14(20)19-7-5-15(10-17,21-2)6-8-19/h3-4,9H,5-8H2,1-2H3,(H,18,20).